The van der Waals surface area contributed by atoms with Gasteiger partial charge in [-0.2, -0.15) is 0 Å². The molecule has 0 bridgehead atoms. The molecule has 98 valence electrons. The van der Waals surface area contributed by atoms with Crippen LogP contribution in [0.1, 0.15) is 43.2 Å². The quantitative estimate of drug-likeness (QED) is 0.804. The molecule has 0 unspecified atom stereocenters. The lowest BCUT2D eigenvalue weighted by atomic mass is 10.0. The van der Waals surface area contributed by atoms with Crippen molar-refractivity contribution in [2.45, 2.75) is 45.1 Å². The first kappa shape index (κ1) is 12.0. The predicted octanol–water partition coefficient (Wildman–Crippen LogP) is 3.29. The Labute approximate surface area is 110 Å². The SMILES string of the molecule is c1cc2c(cc1CNCCC1CCCC1)CCO2. The lowest BCUT2D eigenvalue weighted by molar-refractivity contribution is 0.357. The summed E-state index contributed by atoms with van der Waals surface area (Å²) in [5.41, 5.74) is 2.77. The van der Waals surface area contributed by atoms with Gasteiger partial charge >= 0.3 is 0 Å². The molecule has 0 atom stereocenters. The Hall–Kier alpha value is -1.02. The van der Waals surface area contributed by atoms with E-state index in [1.165, 1.54) is 43.2 Å². The summed E-state index contributed by atoms with van der Waals surface area (Å²) >= 11 is 0. The molecule has 0 aromatic heterocycles. The molecule has 1 aliphatic heterocycles. The van der Waals surface area contributed by atoms with E-state index in [9.17, 15) is 0 Å². The van der Waals surface area contributed by atoms with E-state index in [-0.39, 0.29) is 0 Å². The van der Waals surface area contributed by atoms with Crippen LogP contribution in [0.15, 0.2) is 18.2 Å². The van der Waals surface area contributed by atoms with Gasteiger partial charge in [-0.3, -0.25) is 0 Å². The van der Waals surface area contributed by atoms with Gasteiger partial charge in [0.1, 0.15) is 5.75 Å². The van der Waals surface area contributed by atoms with Crippen molar-refractivity contribution in [1.29, 1.82) is 0 Å². The molecule has 0 amide bonds. The van der Waals surface area contributed by atoms with Crippen molar-refractivity contribution in [3.05, 3.63) is 29.3 Å². The van der Waals surface area contributed by atoms with Crippen LogP contribution in [0.2, 0.25) is 0 Å². The second-order valence-electron chi connectivity index (χ2n) is 5.66. The highest BCUT2D eigenvalue weighted by atomic mass is 16.5. The van der Waals surface area contributed by atoms with Gasteiger partial charge in [0.15, 0.2) is 0 Å². The number of hydrogen-bond donors (Lipinski definition) is 1. The Kier molecular flexibility index (Phi) is 3.84. The molecule has 2 heteroatoms. The smallest absolute Gasteiger partial charge is 0.122 e. The Morgan fingerprint density at radius 3 is 3.00 bits per heavy atom. The molecule has 1 aromatic carbocycles. The van der Waals surface area contributed by atoms with E-state index in [4.69, 9.17) is 4.74 Å². The molecule has 0 spiro atoms. The third-order valence-corrected chi connectivity index (χ3v) is 4.29. The molecular weight excluding hydrogens is 222 g/mol. The maximum atomic E-state index is 5.53. The summed E-state index contributed by atoms with van der Waals surface area (Å²) in [7, 11) is 0. The van der Waals surface area contributed by atoms with Crippen molar-refractivity contribution in [2.24, 2.45) is 5.92 Å². The minimum Gasteiger partial charge on any atom is -0.493 e. The van der Waals surface area contributed by atoms with Gasteiger partial charge < -0.3 is 10.1 Å². The molecule has 1 aromatic rings. The van der Waals surface area contributed by atoms with Crippen LogP contribution < -0.4 is 10.1 Å². The van der Waals surface area contributed by atoms with Crippen LogP contribution in [0.5, 0.6) is 5.75 Å². The van der Waals surface area contributed by atoms with Gasteiger partial charge in [-0.15, -0.1) is 0 Å². The molecule has 1 heterocycles. The summed E-state index contributed by atoms with van der Waals surface area (Å²) in [5, 5.41) is 3.58. The zero-order valence-electron chi connectivity index (χ0n) is 11.1. The molecule has 1 aliphatic carbocycles. The van der Waals surface area contributed by atoms with Gasteiger partial charge in [-0.1, -0.05) is 37.8 Å². The van der Waals surface area contributed by atoms with Crippen molar-refractivity contribution in [1.82, 2.24) is 5.32 Å². The van der Waals surface area contributed by atoms with Crippen molar-refractivity contribution < 1.29 is 4.74 Å². The first-order chi connectivity index (χ1) is 8.92. The Morgan fingerprint density at radius 1 is 1.22 bits per heavy atom. The van der Waals surface area contributed by atoms with Crippen LogP contribution in [-0.4, -0.2) is 13.2 Å². The first-order valence-corrected chi connectivity index (χ1v) is 7.37. The topological polar surface area (TPSA) is 21.3 Å². The number of rotatable bonds is 5. The molecule has 1 N–H and O–H groups in total. The van der Waals surface area contributed by atoms with E-state index in [1.807, 2.05) is 0 Å². The van der Waals surface area contributed by atoms with Crippen LogP contribution in [0.4, 0.5) is 0 Å². The van der Waals surface area contributed by atoms with Crippen molar-refractivity contribution in [2.75, 3.05) is 13.2 Å². The summed E-state index contributed by atoms with van der Waals surface area (Å²) in [6.45, 7) is 3.02. The number of benzene rings is 1. The molecule has 3 rings (SSSR count). The Bertz CT molecular complexity index is 396. The van der Waals surface area contributed by atoms with E-state index in [0.717, 1.165) is 37.8 Å². The molecule has 2 aliphatic rings. The van der Waals surface area contributed by atoms with Crippen molar-refractivity contribution >= 4 is 0 Å². The highest BCUT2D eigenvalue weighted by molar-refractivity contribution is 5.39. The highest BCUT2D eigenvalue weighted by Crippen LogP contribution is 2.27. The van der Waals surface area contributed by atoms with Crippen LogP contribution in [0.25, 0.3) is 0 Å². The van der Waals surface area contributed by atoms with Gasteiger partial charge in [-0.25, -0.2) is 0 Å². The molecule has 1 saturated carbocycles. The third kappa shape index (κ3) is 2.86. The van der Waals surface area contributed by atoms with Crippen LogP contribution in [0.3, 0.4) is 0 Å². The fourth-order valence-electron chi connectivity index (χ4n) is 3.19. The Balaban J connectivity index is 1.42. The van der Waals surface area contributed by atoms with Gasteiger partial charge in [0.2, 0.25) is 0 Å². The standard InChI is InChI=1S/C16H23NO/c1-2-4-13(3-1)7-9-17-12-14-5-6-16-15(11-14)8-10-18-16/h5-6,11,13,17H,1-4,7-10,12H2. The van der Waals surface area contributed by atoms with E-state index < -0.39 is 0 Å². The summed E-state index contributed by atoms with van der Waals surface area (Å²) in [6.07, 6.45) is 8.25. The largest absolute Gasteiger partial charge is 0.493 e. The van der Waals surface area contributed by atoms with E-state index in [1.54, 1.807) is 0 Å². The maximum Gasteiger partial charge on any atom is 0.122 e. The molecule has 18 heavy (non-hydrogen) atoms. The summed E-state index contributed by atoms with van der Waals surface area (Å²) < 4.78 is 5.53. The van der Waals surface area contributed by atoms with Gasteiger partial charge in [0.25, 0.3) is 0 Å². The van der Waals surface area contributed by atoms with Crippen LogP contribution in [0, 0.1) is 5.92 Å². The van der Waals surface area contributed by atoms with Gasteiger partial charge in [0.05, 0.1) is 6.61 Å². The van der Waals surface area contributed by atoms with Crippen LogP contribution in [-0.2, 0) is 13.0 Å². The summed E-state index contributed by atoms with van der Waals surface area (Å²) in [4.78, 5) is 0. The first-order valence-electron chi connectivity index (χ1n) is 7.37. The molecule has 2 nitrogen and oxygen atoms in total. The molecule has 1 fully saturated rings. The number of nitrogens with one attached hydrogen (secondary N) is 1. The second kappa shape index (κ2) is 5.75. The van der Waals surface area contributed by atoms with E-state index in [2.05, 4.69) is 23.5 Å². The highest BCUT2D eigenvalue weighted by Gasteiger charge is 2.14. The summed E-state index contributed by atoms with van der Waals surface area (Å²) in [6, 6.07) is 6.61. The lowest BCUT2D eigenvalue weighted by Gasteiger charge is -2.10. The van der Waals surface area contributed by atoms with Gasteiger partial charge in [-0.05, 0) is 36.1 Å². The third-order valence-electron chi connectivity index (χ3n) is 4.29. The second-order valence-corrected chi connectivity index (χ2v) is 5.66. The minimum atomic E-state index is 0.855. The average Bonchev–Trinajstić information content (AvgIpc) is 3.05. The zero-order chi connectivity index (χ0) is 12.2. The number of fused-ring (bicyclic) bond motifs is 1. The number of hydrogen-bond acceptors (Lipinski definition) is 2. The zero-order valence-corrected chi connectivity index (χ0v) is 11.1. The van der Waals surface area contributed by atoms with E-state index >= 15 is 0 Å². The predicted molar refractivity (Wildman–Crippen MR) is 73.9 cm³/mol. The van der Waals surface area contributed by atoms with Gasteiger partial charge in [0, 0.05) is 13.0 Å². The monoisotopic (exact) mass is 245 g/mol. The maximum absolute atomic E-state index is 5.53. The molecule has 0 saturated heterocycles. The van der Waals surface area contributed by atoms with Crippen molar-refractivity contribution in [3.8, 4) is 5.75 Å². The fourth-order valence-corrected chi connectivity index (χ4v) is 3.19. The van der Waals surface area contributed by atoms with E-state index in [0.29, 0.717) is 0 Å². The molecule has 0 radical (unpaired) electrons. The van der Waals surface area contributed by atoms with Crippen LogP contribution >= 0.6 is 0 Å². The fraction of sp³-hybridized carbons (Fsp3) is 0.625. The minimum absolute atomic E-state index is 0.855. The summed E-state index contributed by atoms with van der Waals surface area (Å²) in [5.74, 6) is 2.08. The normalized spacial score (nSPS) is 18.9. The lowest BCUT2D eigenvalue weighted by Crippen LogP contribution is -2.17. The molecular formula is C16H23NO. The van der Waals surface area contributed by atoms with Crippen molar-refractivity contribution in [3.63, 3.8) is 0 Å². The number of ether oxygens (including phenoxy) is 1. The Morgan fingerprint density at radius 2 is 2.11 bits per heavy atom. The average molecular weight is 245 g/mol.